The SMILES string of the molecule is NCCCOCc1csc2ccccc12. The average molecular weight is 221 g/mol. The van der Waals surface area contributed by atoms with E-state index in [2.05, 4.69) is 29.6 Å². The second kappa shape index (κ2) is 5.26. The van der Waals surface area contributed by atoms with Crippen LogP contribution in [-0.4, -0.2) is 13.2 Å². The highest BCUT2D eigenvalue weighted by Gasteiger charge is 2.02. The second-order valence-corrected chi connectivity index (χ2v) is 4.36. The van der Waals surface area contributed by atoms with E-state index in [1.165, 1.54) is 15.6 Å². The number of rotatable bonds is 5. The second-order valence-electron chi connectivity index (χ2n) is 3.45. The van der Waals surface area contributed by atoms with E-state index >= 15 is 0 Å². The Kier molecular flexibility index (Phi) is 3.72. The van der Waals surface area contributed by atoms with E-state index in [9.17, 15) is 0 Å². The Balaban J connectivity index is 2.02. The topological polar surface area (TPSA) is 35.2 Å². The number of fused-ring (bicyclic) bond motifs is 1. The van der Waals surface area contributed by atoms with Crippen molar-refractivity contribution in [3.8, 4) is 0 Å². The summed E-state index contributed by atoms with van der Waals surface area (Å²) in [5.74, 6) is 0. The van der Waals surface area contributed by atoms with Gasteiger partial charge in [0.15, 0.2) is 0 Å². The van der Waals surface area contributed by atoms with Gasteiger partial charge in [-0.25, -0.2) is 0 Å². The molecule has 0 aliphatic carbocycles. The van der Waals surface area contributed by atoms with E-state index in [1.807, 2.05) is 0 Å². The van der Waals surface area contributed by atoms with Gasteiger partial charge in [0.2, 0.25) is 0 Å². The van der Waals surface area contributed by atoms with E-state index in [4.69, 9.17) is 10.5 Å². The fourth-order valence-corrected chi connectivity index (χ4v) is 2.46. The molecule has 3 heteroatoms. The largest absolute Gasteiger partial charge is 0.377 e. The number of nitrogens with two attached hydrogens (primary N) is 1. The lowest BCUT2D eigenvalue weighted by atomic mass is 10.2. The van der Waals surface area contributed by atoms with Crippen LogP contribution in [0.4, 0.5) is 0 Å². The highest BCUT2D eigenvalue weighted by Crippen LogP contribution is 2.25. The Bertz CT molecular complexity index is 424. The third kappa shape index (κ3) is 2.56. The molecular weight excluding hydrogens is 206 g/mol. The molecule has 0 radical (unpaired) electrons. The van der Waals surface area contributed by atoms with Crippen molar-refractivity contribution < 1.29 is 4.74 Å². The Hall–Kier alpha value is -0.900. The molecule has 15 heavy (non-hydrogen) atoms. The highest BCUT2D eigenvalue weighted by molar-refractivity contribution is 7.17. The summed E-state index contributed by atoms with van der Waals surface area (Å²) in [6.45, 7) is 2.15. The maximum absolute atomic E-state index is 5.55. The van der Waals surface area contributed by atoms with Crippen LogP contribution in [0.15, 0.2) is 29.6 Å². The molecule has 2 rings (SSSR count). The van der Waals surface area contributed by atoms with Gasteiger partial charge in [-0.1, -0.05) is 18.2 Å². The molecule has 2 nitrogen and oxygen atoms in total. The minimum absolute atomic E-state index is 0.698. The van der Waals surface area contributed by atoms with Gasteiger partial charge in [0, 0.05) is 11.3 Å². The molecule has 0 aliphatic heterocycles. The summed E-state index contributed by atoms with van der Waals surface area (Å²) in [5, 5.41) is 3.49. The standard InChI is InChI=1S/C12H15NOS/c13-6-3-7-14-8-10-9-15-12-5-2-1-4-11(10)12/h1-2,4-5,9H,3,6-8,13H2. The van der Waals surface area contributed by atoms with Crippen molar-refractivity contribution in [2.45, 2.75) is 13.0 Å². The monoisotopic (exact) mass is 221 g/mol. The smallest absolute Gasteiger partial charge is 0.0731 e. The predicted octanol–water partition coefficient (Wildman–Crippen LogP) is 2.77. The van der Waals surface area contributed by atoms with Gasteiger partial charge in [-0.05, 0) is 35.4 Å². The maximum Gasteiger partial charge on any atom is 0.0731 e. The van der Waals surface area contributed by atoms with Crippen molar-refractivity contribution in [1.29, 1.82) is 0 Å². The number of thiophene rings is 1. The number of ether oxygens (including phenoxy) is 1. The lowest BCUT2D eigenvalue weighted by Gasteiger charge is -2.01. The first kappa shape index (κ1) is 10.6. The molecular formula is C12H15NOS. The minimum atomic E-state index is 0.698. The lowest BCUT2D eigenvalue weighted by molar-refractivity contribution is 0.121. The summed E-state index contributed by atoms with van der Waals surface area (Å²) >= 11 is 1.77. The van der Waals surface area contributed by atoms with Crippen LogP contribution >= 0.6 is 11.3 Å². The van der Waals surface area contributed by atoms with Crippen molar-refractivity contribution >= 4 is 21.4 Å². The molecule has 2 aromatic rings. The van der Waals surface area contributed by atoms with Gasteiger partial charge in [0.05, 0.1) is 6.61 Å². The predicted molar refractivity (Wildman–Crippen MR) is 65.2 cm³/mol. The van der Waals surface area contributed by atoms with Gasteiger partial charge in [-0.3, -0.25) is 0 Å². The quantitative estimate of drug-likeness (QED) is 0.788. The summed E-state index contributed by atoms with van der Waals surface area (Å²) in [5.41, 5.74) is 6.69. The van der Waals surface area contributed by atoms with Gasteiger partial charge < -0.3 is 10.5 Å². The Morgan fingerprint density at radius 2 is 2.13 bits per heavy atom. The van der Waals surface area contributed by atoms with Crippen LogP contribution in [0.25, 0.3) is 10.1 Å². The first-order valence-corrected chi connectivity index (χ1v) is 6.02. The van der Waals surface area contributed by atoms with Gasteiger partial charge in [0.1, 0.15) is 0 Å². The lowest BCUT2D eigenvalue weighted by Crippen LogP contribution is -2.04. The summed E-state index contributed by atoms with van der Waals surface area (Å²) in [7, 11) is 0. The zero-order chi connectivity index (χ0) is 10.5. The van der Waals surface area contributed by atoms with Gasteiger partial charge >= 0.3 is 0 Å². The fourth-order valence-electron chi connectivity index (χ4n) is 1.51. The van der Waals surface area contributed by atoms with E-state index in [0.29, 0.717) is 13.2 Å². The van der Waals surface area contributed by atoms with Crippen molar-refractivity contribution in [3.05, 3.63) is 35.2 Å². The average Bonchev–Trinajstić information content (AvgIpc) is 2.68. The van der Waals surface area contributed by atoms with Crippen LogP contribution in [0.5, 0.6) is 0 Å². The zero-order valence-electron chi connectivity index (χ0n) is 8.61. The molecule has 0 spiro atoms. The third-order valence-electron chi connectivity index (χ3n) is 2.31. The summed E-state index contributed by atoms with van der Waals surface area (Å²) in [4.78, 5) is 0. The van der Waals surface area contributed by atoms with Gasteiger partial charge in [0.25, 0.3) is 0 Å². The van der Waals surface area contributed by atoms with Crippen LogP contribution in [-0.2, 0) is 11.3 Å². The molecule has 0 atom stereocenters. The molecule has 0 saturated carbocycles. The van der Waals surface area contributed by atoms with Crippen molar-refractivity contribution in [2.75, 3.05) is 13.2 Å². The molecule has 0 saturated heterocycles. The summed E-state index contributed by atoms with van der Waals surface area (Å²) in [6.07, 6.45) is 0.933. The molecule has 0 amide bonds. The van der Waals surface area contributed by atoms with Crippen molar-refractivity contribution in [2.24, 2.45) is 5.73 Å². The Morgan fingerprint density at radius 3 is 3.00 bits per heavy atom. The molecule has 0 fully saturated rings. The van der Waals surface area contributed by atoms with E-state index in [1.54, 1.807) is 11.3 Å². The molecule has 2 N–H and O–H groups in total. The molecule has 1 aromatic carbocycles. The summed E-state index contributed by atoms with van der Waals surface area (Å²) < 4.78 is 6.88. The van der Waals surface area contributed by atoms with Gasteiger partial charge in [-0.15, -0.1) is 11.3 Å². The van der Waals surface area contributed by atoms with Crippen molar-refractivity contribution in [3.63, 3.8) is 0 Å². The van der Waals surface area contributed by atoms with Crippen LogP contribution in [0.2, 0.25) is 0 Å². The fraction of sp³-hybridized carbons (Fsp3) is 0.333. The molecule has 0 unspecified atom stereocenters. The maximum atomic E-state index is 5.55. The van der Waals surface area contributed by atoms with Crippen LogP contribution in [0.1, 0.15) is 12.0 Å². The first-order valence-electron chi connectivity index (χ1n) is 5.15. The van der Waals surface area contributed by atoms with Crippen LogP contribution < -0.4 is 5.73 Å². The van der Waals surface area contributed by atoms with E-state index < -0.39 is 0 Å². The molecule has 0 aliphatic rings. The number of hydrogen-bond acceptors (Lipinski definition) is 3. The van der Waals surface area contributed by atoms with E-state index in [0.717, 1.165) is 13.0 Å². The normalized spacial score (nSPS) is 11.0. The molecule has 80 valence electrons. The Morgan fingerprint density at radius 1 is 1.27 bits per heavy atom. The van der Waals surface area contributed by atoms with Crippen molar-refractivity contribution in [1.82, 2.24) is 0 Å². The van der Waals surface area contributed by atoms with Crippen LogP contribution in [0.3, 0.4) is 0 Å². The number of hydrogen-bond donors (Lipinski definition) is 1. The highest BCUT2D eigenvalue weighted by atomic mass is 32.1. The molecule has 1 aromatic heterocycles. The third-order valence-corrected chi connectivity index (χ3v) is 3.32. The summed E-state index contributed by atoms with van der Waals surface area (Å²) in [6, 6.07) is 8.42. The minimum Gasteiger partial charge on any atom is -0.377 e. The van der Waals surface area contributed by atoms with Crippen LogP contribution in [0, 0.1) is 0 Å². The molecule has 1 heterocycles. The van der Waals surface area contributed by atoms with Gasteiger partial charge in [-0.2, -0.15) is 0 Å². The van der Waals surface area contributed by atoms with E-state index in [-0.39, 0.29) is 0 Å². The zero-order valence-corrected chi connectivity index (χ0v) is 9.43. The Labute approximate surface area is 93.7 Å². The molecule has 0 bridgehead atoms. The number of benzene rings is 1. The first-order chi connectivity index (χ1) is 7.42.